The van der Waals surface area contributed by atoms with Crippen LogP contribution in [0.3, 0.4) is 0 Å². The lowest BCUT2D eigenvalue weighted by atomic mass is 10.2. The first kappa shape index (κ1) is 10.5. The first-order valence-electron chi connectivity index (χ1n) is 5.01. The van der Waals surface area contributed by atoms with Crippen LogP contribution in [0, 0.1) is 0 Å². The van der Waals surface area contributed by atoms with Crippen molar-refractivity contribution in [1.82, 2.24) is 10.6 Å². The Bertz CT molecular complexity index is 434. The number of rotatable bonds is 2. The maximum atomic E-state index is 11.6. The molecular formula is C11H12N2O3. The molecule has 0 saturated carbocycles. The zero-order chi connectivity index (χ0) is 11.5. The fraction of sp³-hybridized carbons (Fsp3) is 0.273. The van der Waals surface area contributed by atoms with Crippen LogP contribution in [0.25, 0.3) is 0 Å². The number of piperazine rings is 1. The summed E-state index contributed by atoms with van der Waals surface area (Å²) < 4.78 is 4.94. The van der Waals surface area contributed by atoms with Gasteiger partial charge in [0.1, 0.15) is 5.70 Å². The topological polar surface area (TPSA) is 71.3 Å². The van der Waals surface area contributed by atoms with Crippen LogP contribution in [-0.4, -0.2) is 24.3 Å². The number of hydrogen-bond donors (Lipinski definition) is 2. The van der Waals surface area contributed by atoms with E-state index in [-0.39, 0.29) is 29.2 Å². The molecule has 1 atom stereocenters. The molecule has 0 aliphatic carbocycles. The molecule has 1 aromatic heterocycles. The van der Waals surface area contributed by atoms with Gasteiger partial charge in [0.05, 0.1) is 6.26 Å². The molecule has 5 heteroatoms. The highest BCUT2D eigenvalue weighted by molar-refractivity contribution is 6.08. The van der Waals surface area contributed by atoms with Gasteiger partial charge in [-0.3, -0.25) is 9.59 Å². The van der Waals surface area contributed by atoms with Gasteiger partial charge in [-0.15, -0.1) is 0 Å². The largest absolute Gasteiger partial charge is 0.461 e. The monoisotopic (exact) mass is 220 g/mol. The van der Waals surface area contributed by atoms with Crippen LogP contribution >= 0.6 is 0 Å². The summed E-state index contributed by atoms with van der Waals surface area (Å²) in [6.45, 7) is 2.50. The Labute approximate surface area is 92.5 Å². The Morgan fingerprint density at radius 3 is 3.06 bits per heavy atom. The lowest BCUT2D eigenvalue weighted by molar-refractivity contribution is -0.119. The van der Waals surface area contributed by atoms with Crippen LogP contribution in [0.4, 0.5) is 0 Å². The number of hydrogen-bond acceptors (Lipinski definition) is 4. The molecule has 16 heavy (non-hydrogen) atoms. The van der Waals surface area contributed by atoms with Crippen molar-refractivity contribution in [3.05, 3.63) is 35.9 Å². The predicted octanol–water partition coefficient (Wildman–Crippen LogP) is 0.454. The van der Waals surface area contributed by atoms with Crippen molar-refractivity contribution in [3.8, 4) is 0 Å². The highest BCUT2D eigenvalue weighted by Gasteiger charge is 2.20. The van der Waals surface area contributed by atoms with Crippen LogP contribution in [0.15, 0.2) is 34.6 Å². The van der Waals surface area contributed by atoms with Gasteiger partial charge in [0.2, 0.25) is 5.78 Å². The minimum Gasteiger partial charge on any atom is -0.461 e. The van der Waals surface area contributed by atoms with Crippen LogP contribution in [0.2, 0.25) is 0 Å². The molecule has 1 aliphatic rings. The van der Waals surface area contributed by atoms with Crippen LogP contribution in [-0.2, 0) is 4.79 Å². The Balaban J connectivity index is 2.13. The molecule has 5 nitrogen and oxygen atoms in total. The fourth-order valence-electron chi connectivity index (χ4n) is 1.43. The smallest absolute Gasteiger partial charge is 0.267 e. The molecule has 1 fully saturated rings. The molecule has 2 heterocycles. The van der Waals surface area contributed by atoms with E-state index in [1.165, 1.54) is 12.3 Å². The highest BCUT2D eigenvalue weighted by Crippen LogP contribution is 2.05. The second kappa shape index (κ2) is 4.22. The van der Waals surface area contributed by atoms with E-state index < -0.39 is 0 Å². The average molecular weight is 220 g/mol. The molecule has 0 spiro atoms. The summed E-state index contributed by atoms with van der Waals surface area (Å²) in [7, 11) is 0. The molecule has 1 aliphatic heterocycles. The second-order valence-electron chi connectivity index (χ2n) is 3.65. The van der Waals surface area contributed by atoms with E-state index in [0.717, 1.165) is 0 Å². The van der Waals surface area contributed by atoms with Gasteiger partial charge in [-0.2, -0.15) is 0 Å². The molecule has 1 aromatic rings. The minimum absolute atomic E-state index is 0.0726. The third-order valence-electron chi connectivity index (χ3n) is 2.26. The van der Waals surface area contributed by atoms with Crippen molar-refractivity contribution in [2.75, 3.05) is 6.54 Å². The van der Waals surface area contributed by atoms with Gasteiger partial charge in [-0.05, 0) is 19.1 Å². The minimum atomic E-state index is -0.322. The molecule has 1 saturated heterocycles. The molecular weight excluding hydrogens is 208 g/mol. The van der Waals surface area contributed by atoms with E-state index in [0.29, 0.717) is 6.54 Å². The maximum absolute atomic E-state index is 11.6. The summed E-state index contributed by atoms with van der Waals surface area (Å²) >= 11 is 0. The average Bonchev–Trinajstić information content (AvgIpc) is 2.75. The van der Waals surface area contributed by atoms with E-state index in [9.17, 15) is 9.59 Å². The van der Waals surface area contributed by atoms with E-state index in [1.807, 2.05) is 6.92 Å². The third-order valence-corrected chi connectivity index (χ3v) is 2.26. The summed E-state index contributed by atoms with van der Waals surface area (Å²) in [5, 5.41) is 5.63. The van der Waals surface area contributed by atoms with Gasteiger partial charge in [-0.1, -0.05) is 0 Å². The Morgan fingerprint density at radius 1 is 1.62 bits per heavy atom. The van der Waals surface area contributed by atoms with Crippen LogP contribution < -0.4 is 10.6 Å². The first-order chi connectivity index (χ1) is 7.66. The van der Waals surface area contributed by atoms with E-state index in [4.69, 9.17) is 4.42 Å². The molecule has 84 valence electrons. The van der Waals surface area contributed by atoms with Gasteiger partial charge in [0.25, 0.3) is 5.91 Å². The third kappa shape index (κ3) is 2.13. The summed E-state index contributed by atoms with van der Waals surface area (Å²) in [5.74, 6) is -0.364. The first-order valence-corrected chi connectivity index (χ1v) is 5.01. The summed E-state index contributed by atoms with van der Waals surface area (Å²) in [6, 6.07) is 3.26. The molecule has 0 radical (unpaired) electrons. The molecule has 0 bridgehead atoms. The Kier molecular flexibility index (Phi) is 2.76. The van der Waals surface area contributed by atoms with Crippen molar-refractivity contribution in [3.63, 3.8) is 0 Å². The SMILES string of the molecule is C[C@H]1CN/C(=C\C(=O)c2ccco2)C(=O)N1. The number of carbonyl (C=O) groups is 2. The fourth-order valence-corrected chi connectivity index (χ4v) is 1.43. The zero-order valence-corrected chi connectivity index (χ0v) is 8.82. The van der Waals surface area contributed by atoms with Crippen molar-refractivity contribution in [2.24, 2.45) is 0 Å². The van der Waals surface area contributed by atoms with Crippen molar-refractivity contribution in [2.45, 2.75) is 13.0 Å². The van der Waals surface area contributed by atoms with Crippen LogP contribution in [0.1, 0.15) is 17.5 Å². The Hall–Kier alpha value is -2.04. The second-order valence-corrected chi connectivity index (χ2v) is 3.65. The normalized spacial score (nSPS) is 22.7. The number of amides is 1. The van der Waals surface area contributed by atoms with Gasteiger partial charge in [0, 0.05) is 18.7 Å². The molecule has 1 amide bonds. The lowest BCUT2D eigenvalue weighted by Crippen LogP contribution is -2.49. The quantitative estimate of drug-likeness (QED) is 0.561. The number of furan rings is 1. The zero-order valence-electron chi connectivity index (χ0n) is 8.82. The van der Waals surface area contributed by atoms with E-state index in [2.05, 4.69) is 10.6 Å². The van der Waals surface area contributed by atoms with Gasteiger partial charge < -0.3 is 15.1 Å². The van der Waals surface area contributed by atoms with Gasteiger partial charge >= 0.3 is 0 Å². The summed E-state index contributed by atoms with van der Waals surface area (Å²) in [5.41, 5.74) is 0.277. The van der Waals surface area contributed by atoms with Crippen molar-refractivity contribution < 1.29 is 14.0 Å². The van der Waals surface area contributed by atoms with Crippen LogP contribution in [0.5, 0.6) is 0 Å². The molecule has 0 aromatic carbocycles. The van der Waals surface area contributed by atoms with Gasteiger partial charge in [-0.25, -0.2) is 0 Å². The highest BCUT2D eigenvalue weighted by atomic mass is 16.3. The lowest BCUT2D eigenvalue weighted by Gasteiger charge is -2.23. The number of carbonyl (C=O) groups excluding carboxylic acids is 2. The molecule has 2 N–H and O–H groups in total. The summed E-state index contributed by atoms with van der Waals surface area (Å²) in [6.07, 6.45) is 2.67. The standard InChI is InChI=1S/C11H12N2O3/c1-7-6-12-8(11(15)13-7)5-9(14)10-3-2-4-16-10/h2-5,7,12H,6H2,1H3,(H,13,15)/b8-5-/t7-/m0/s1. The number of ketones is 1. The van der Waals surface area contributed by atoms with Crippen molar-refractivity contribution >= 4 is 11.7 Å². The predicted molar refractivity (Wildman–Crippen MR) is 56.7 cm³/mol. The Morgan fingerprint density at radius 2 is 2.44 bits per heavy atom. The molecule has 0 unspecified atom stereocenters. The summed E-state index contributed by atoms with van der Waals surface area (Å²) in [4.78, 5) is 23.1. The van der Waals surface area contributed by atoms with E-state index >= 15 is 0 Å². The molecule has 2 rings (SSSR count). The maximum Gasteiger partial charge on any atom is 0.267 e. The van der Waals surface area contributed by atoms with E-state index in [1.54, 1.807) is 12.1 Å². The van der Waals surface area contributed by atoms with Gasteiger partial charge in [0.15, 0.2) is 5.76 Å². The van der Waals surface area contributed by atoms with Crippen molar-refractivity contribution in [1.29, 1.82) is 0 Å². The number of allylic oxidation sites excluding steroid dienone is 1. The number of nitrogens with one attached hydrogen (secondary N) is 2.